The van der Waals surface area contributed by atoms with Gasteiger partial charge in [0.2, 0.25) is 5.91 Å². The van der Waals surface area contributed by atoms with E-state index in [4.69, 9.17) is 0 Å². The summed E-state index contributed by atoms with van der Waals surface area (Å²) in [6.07, 6.45) is 3.53. The highest BCUT2D eigenvalue weighted by atomic mass is 16.2. The smallest absolute Gasteiger partial charge is 0.224 e. The van der Waals surface area contributed by atoms with Crippen LogP contribution in [0.25, 0.3) is 0 Å². The minimum atomic E-state index is 0.157. The highest BCUT2D eigenvalue weighted by Gasteiger charge is 2.31. The number of hydrogen-bond donors (Lipinski definition) is 1. The van der Waals surface area contributed by atoms with Crippen molar-refractivity contribution in [1.82, 2.24) is 5.32 Å². The summed E-state index contributed by atoms with van der Waals surface area (Å²) >= 11 is 0. The van der Waals surface area contributed by atoms with E-state index in [0.29, 0.717) is 17.9 Å². The lowest BCUT2D eigenvalue weighted by Crippen LogP contribution is -2.45. The Morgan fingerprint density at radius 2 is 1.95 bits per heavy atom. The van der Waals surface area contributed by atoms with Crippen LogP contribution in [0.1, 0.15) is 50.7 Å². The second kappa shape index (κ2) is 5.80. The fourth-order valence-corrected chi connectivity index (χ4v) is 3.86. The third-order valence-corrected chi connectivity index (χ3v) is 5.29. The van der Waals surface area contributed by atoms with Crippen molar-refractivity contribution in [3.8, 4) is 0 Å². The Bertz CT molecular complexity index is 534. The van der Waals surface area contributed by atoms with Gasteiger partial charge in [0.15, 0.2) is 0 Å². The molecular weight excluding hydrogens is 260 g/mol. The second-order valence-electron chi connectivity index (χ2n) is 6.72. The molecular formula is C18H26N2O. The molecule has 3 rings (SSSR count). The number of benzene rings is 1. The fraction of sp³-hybridized carbons (Fsp3) is 0.611. The molecule has 0 spiro atoms. The highest BCUT2D eigenvalue weighted by molar-refractivity contribution is 5.93. The van der Waals surface area contributed by atoms with Gasteiger partial charge in [-0.15, -0.1) is 0 Å². The van der Waals surface area contributed by atoms with Crippen LogP contribution < -0.4 is 10.2 Å². The van der Waals surface area contributed by atoms with E-state index in [1.54, 1.807) is 6.92 Å². The molecule has 0 saturated carbocycles. The van der Waals surface area contributed by atoms with Crippen LogP contribution >= 0.6 is 0 Å². The predicted octanol–water partition coefficient (Wildman–Crippen LogP) is 3.09. The van der Waals surface area contributed by atoms with Crippen molar-refractivity contribution >= 4 is 11.6 Å². The third-order valence-electron chi connectivity index (χ3n) is 5.29. The van der Waals surface area contributed by atoms with Gasteiger partial charge >= 0.3 is 0 Å². The molecule has 1 saturated heterocycles. The standard InChI is InChI=1S/C18H26N2O/c1-12-10-17-11-16(15-6-8-19-9-7-15)4-5-18(17)20(13(12)2)14(3)21/h4-5,11-13,15,19H,6-10H2,1-3H3/t12?,13-/m0/s1. The Morgan fingerprint density at radius 3 is 2.62 bits per heavy atom. The van der Waals surface area contributed by atoms with Crippen molar-refractivity contribution in [3.63, 3.8) is 0 Å². The molecule has 2 atom stereocenters. The number of nitrogens with one attached hydrogen (secondary N) is 1. The molecule has 21 heavy (non-hydrogen) atoms. The van der Waals surface area contributed by atoms with E-state index in [0.717, 1.165) is 25.2 Å². The zero-order valence-electron chi connectivity index (χ0n) is 13.4. The summed E-state index contributed by atoms with van der Waals surface area (Å²) in [5, 5.41) is 3.43. The lowest BCUT2D eigenvalue weighted by molar-refractivity contribution is -0.117. The highest BCUT2D eigenvalue weighted by Crippen LogP contribution is 2.37. The van der Waals surface area contributed by atoms with Crippen LogP contribution in [-0.4, -0.2) is 25.0 Å². The molecule has 0 bridgehead atoms. The number of carbonyl (C=O) groups is 1. The number of amides is 1. The van der Waals surface area contributed by atoms with E-state index >= 15 is 0 Å². The molecule has 1 unspecified atom stereocenters. The van der Waals surface area contributed by atoms with Crippen molar-refractivity contribution in [3.05, 3.63) is 29.3 Å². The summed E-state index contributed by atoms with van der Waals surface area (Å²) in [5.41, 5.74) is 3.94. The monoisotopic (exact) mass is 286 g/mol. The topological polar surface area (TPSA) is 32.3 Å². The molecule has 1 amide bonds. The van der Waals surface area contributed by atoms with Gasteiger partial charge in [-0.1, -0.05) is 19.1 Å². The van der Waals surface area contributed by atoms with Crippen LogP contribution in [0.15, 0.2) is 18.2 Å². The van der Waals surface area contributed by atoms with Crippen molar-refractivity contribution in [2.45, 2.75) is 52.0 Å². The number of anilines is 1. The average molecular weight is 286 g/mol. The Kier molecular flexibility index (Phi) is 4.03. The molecule has 3 heteroatoms. The van der Waals surface area contributed by atoms with Crippen molar-refractivity contribution in [1.29, 1.82) is 0 Å². The molecule has 114 valence electrons. The number of nitrogens with zero attached hydrogens (tertiary/aromatic N) is 1. The van der Waals surface area contributed by atoms with E-state index in [-0.39, 0.29) is 5.91 Å². The van der Waals surface area contributed by atoms with E-state index < -0.39 is 0 Å². The lowest BCUT2D eigenvalue weighted by atomic mass is 9.83. The van der Waals surface area contributed by atoms with Crippen molar-refractivity contribution in [2.75, 3.05) is 18.0 Å². The van der Waals surface area contributed by atoms with E-state index in [2.05, 4.69) is 37.4 Å². The van der Waals surface area contributed by atoms with Gasteiger partial charge in [0, 0.05) is 18.7 Å². The first kappa shape index (κ1) is 14.6. The van der Waals surface area contributed by atoms with Crippen LogP contribution in [0.5, 0.6) is 0 Å². The van der Waals surface area contributed by atoms with Crippen LogP contribution in [0.2, 0.25) is 0 Å². The van der Waals surface area contributed by atoms with E-state index in [1.807, 2.05) is 4.90 Å². The van der Waals surface area contributed by atoms with Crippen molar-refractivity contribution in [2.24, 2.45) is 5.92 Å². The second-order valence-corrected chi connectivity index (χ2v) is 6.72. The maximum Gasteiger partial charge on any atom is 0.224 e. The zero-order chi connectivity index (χ0) is 15.0. The molecule has 2 aliphatic rings. The van der Waals surface area contributed by atoms with Gasteiger partial charge in [0.1, 0.15) is 0 Å². The summed E-state index contributed by atoms with van der Waals surface area (Å²) in [6, 6.07) is 7.08. The van der Waals surface area contributed by atoms with Gasteiger partial charge in [-0.2, -0.15) is 0 Å². The van der Waals surface area contributed by atoms with Crippen LogP contribution in [0.3, 0.4) is 0 Å². The van der Waals surface area contributed by atoms with Crippen LogP contribution in [0.4, 0.5) is 5.69 Å². The molecule has 1 N–H and O–H groups in total. The predicted molar refractivity (Wildman–Crippen MR) is 86.8 cm³/mol. The minimum absolute atomic E-state index is 0.157. The normalized spacial score (nSPS) is 26.5. The number of carbonyl (C=O) groups excluding carboxylic acids is 1. The Hall–Kier alpha value is -1.35. The summed E-state index contributed by atoms with van der Waals surface area (Å²) in [6.45, 7) is 8.33. The molecule has 0 aliphatic carbocycles. The molecule has 2 heterocycles. The van der Waals surface area contributed by atoms with E-state index in [1.165, 1.54) is 24.0 Å². The van der Waals surface area contributed by atoms with Gasteiger partial charge in [0.25, 0.3) is 0 Å². The summed E-state index contributed by atoms with van der Waals surface area (Å²) in [5.74, 6) is 1.35. The molecule has 0 radical (unpaired) electrons. The molecule has 2 aliphatic heterocycles. The number of fused-ring (bicyclic) bond motifs is 1. The summed E-state index contributed by atoms with van der Waals surface area (Å²) < 4.78 is 0. The number of piperidine rings is 1. The SMILES string of the molecule is CC(=O)N1c2ccc(C3CCNCC3)cc2CC(C)[C@@H]1C. The maximum absolute atomic E-state index is 12.0. The first-order valence-electron chi connectivity index (χ1n) is 8.21. The molecule has 3 nitrogen and oxygen atoms in total. The van der Waals surface area contributed by atoms with E-state index in [9.17, 15) is 4.79 Å². The van der Waals surface area contributed by atoms with Gasteiger partial charge in [-0.3, -0.25) is 4.79 Å². The lowest BCUT2D eigenvalue weighted by Gasteiger charge is -2.39. The quantitative estimate of drug-likeness (QED) is 0.860. The Labute approximate surface area is 127 Å². The first-order valence-corrected chi connectivity index (χ1v) is 8.21. The molecule has 1 aromatic rings. The Morgan fingerprint density at radius 1 is 1.24 bits per heavy atom. The van der Waals surface area contributed by atoms with Gasteiger partial charge in [0.05, 0.1) is 0 Å². The summed E-state index contributed by atoms with van der Waals surface area (Å²) in [7, 11) is 0. The number of hydrogen-bond acceptors (Lipinski definition) is 2. The molecule has 0 aromatic heterocycles. The maximum atomic E-state index is 12.0. The Balaban J connectivity index is 1.94. The van der Waals surface area contributed by atoms with Gasteiger partial charge in [-0.25, -0.2) is 0 Å². The fourth-order valence-electron chi connectivity index (χ4n) is 3.86. The average Bonchev–Trinajstić information content (AvgIpc) is 2.48. The minimum Gasteiger partial charge on any atom is -0.317 e. The van der Waals surface area contributed by atoms with Gasteiger partial charge < -0.3 is 10.2 Å². The largest absolute Gasteiger partial charge is 0.317 e. The van der Waals surface area contributed by atoms with Crippen LogP contribution in [0, 0.1) is 5.92 Å². The summed E-state index contributed by atoms with van der Waals surface area (Å²) in [4.78, 5) is 14.0. The molecule has 1 fully saturated rings. The first-order chi connectivity index (χ1) is 10.1. The third kappa shape index (κ3) is 2.71. The van der Waals surface area contributed by atoms with Gasteiger partial charge in [-0.05, 0) is 68.3 Å². The number of rotatable bonds is 1. The van der Waals surface area contributed by atoms with Crippen molar-refractivity contribution < 1.29 is 4.79 Å². The zero-order valence-corrected chi connectivity index (χ0v) is 13.4. The molecule has 1 aromatic carbocycles. The van der Waals surface area contributed by atoms with Crippen LogP contribution in [-0.2, 0) is 11.2 Å².